The SMILES string of the molecule is COc1c(C)cc(P(=O)(c2cc(C)c(OC)c(C)c2)c2cc(C)c3c(c2Cl)OCO3)cc1C.COc1c(C)cc(P(=O)(c2cc(C)c(OC)c(C)c2)c2cc(C)c3c(c2Cl)OCO3)cc1C.Cc1cc(C)cc(P(=O)(c2cc(C)cc(C)c2)c2cc(C)c3c(c2Cl)OCO3)c1.Cc1ccc(P(=O)(c2ccc(C)cc2)c2cc(C)c3c(c2Cl)OCO3)cc1.Cc1ccc(P(=O)(c2ccc(C)cc2)c2cc(C)c3c(c2Cl)OCO3)cc1. The van der Waals surface area contributed by atoms with E-state index in [1.165, 1.54) is 0 Å². The maximum absolute atomic E-state index is 15.3. The molecular weight excluding hydrogens is 2080 g/mol. The molecule has 0 spiro atoms. The minimum atomic E-state index is -3.42. The summed E-state index contributed by atoms with van der Waals surface area (Å²) < 4.78 is 153. The third-order valence-corrected chi connectivity index (χ3v) is 44.9. The van der Waals surface area contributed by atoms with Gasteiger partial charge in [0, 0.05) is 79.6 Å². The van der Waals surface area contributed by atoms with Crippen LogP contribution in [0.15, 0.2) is 212 Å². The zero-order valence-electron chi connectivity index (χ0n) is 88.1. The lowest BCUT2D eigenvalue weighted by atomic mass is 10.1. The first kappa shape index (κ1) is 110. The summed E-state index contributed by atoms with van der Waals surface area (Å²) in [7, 11) is -9.88. The molecule has 774 valence electrons. The Morgan fingerprint density at radius 1 is 0.174 bits per heavy atom. The van der Waals surface area contributed by atoms with Gasteiger partial charge in [0.25, 0.3) is 0 Å². The van der Waals surface area contributed by atoms with Crippen LogP contribution in [-0.2, 0) is 22.8 Å². The van der Waals surface area contributed by atoms with Gasteiger partial charge >= 0.3 is 0 Å². The molecule has 5 heterocycles. The van der Waals surface area contributed by atoms with Crippen LogP contribution in [0.4, 0.5) is 0 Å². The number of halogens is 5. The molecule has 0 unspecified atom stereocenters. The van der Waals surface area contributed by atoms with E-state index in [1.807, 2.05) is 346 Å². The van der Waals surface area contributed by atoms with Crippen LogP contribution >= 0.6 is 93.7 Å². The maximum atomic E-state index is 15.3. The van der Waals surface area contributed by atoms with E-state index in [4.69, 9.17) is 124 Å². The maximum Gasteiger partial charge on any atom is 0.231 e. The fourth-order valence-corrected chi connectivity index (χ4v) is 37.8. The molecular formula is C120H120Cl5O19P5. The lowest BCUT2D eigenvalue weighted by Gasteiger charge is -2.25. The van der Waals surface area contributed by atoms with Crippen LogP contribution in [-0.4, -0.2) is 62.4 Å². The van der Waals surface area contributed by atoms with Gasteiger partial charge in [-0.25, -0.2) is 0 Å². The molecule has 0 N–H and O–H groups in total. The number of ether oxygens (including phenoxy) is 14. The van der Waals surface area contributed by atoms with E-state index < -0.39 is 35.7 Å². The van der Waals surface area contributed by atoms with Crippen molar-refractivity contribution >= 4 is 173 Å². The fourth-order valence-electron chi connectivity index (χ4n) is 20.2. The molecule has 19 nitrogen and oxygen atoms in total. The van der Waals surface area contributed by atoms with Gasteiger partial charge < -0.3 is 89.1 Å². The Balaban J connectivity index is 0.000000133. The predicted molar refractivity (Wildman–Crippen MR) is 611 cm³/mol. The number of rotatable bonds is 19. The first-order valence-corrected chi connectivity index (χ1v) is 58.8. The van der Waals surface area contributed by atoms with Gasteiger partial charge in [0.05, 0.1) is 53.6 Å². The molecule has 0 aromatic heterocycles. The highest BCUT2D eigenvalue weighted by Gasteiger charge is 2.44. The number of benzene rings is 15. The van der Waals surface area contributed by atoms with Crippen molar-refractivity contribution in [3.8, 4) is 80.5 Å². The van der Waals surface area contributed by atoms with Crippen molar-refractivity contribution in [2.24, 2.45) is 0 Å². The van der Waals surface area contributed by atoms with Crippen LogP contribution < -0.4 is 146 Å². The first-order chi connectivity index (χ1) is 70.8. The van der Waals surface area contributed by atoms with E-state index in [9.17, 15) is 9.13 Å². The summed E-state index contributed by atoms with van der Waals surface area (Å²) >= 11 is 33.9. The average Bonchev–Trinajstić information content (AvgIpc) is 1.57. The second-order valence-corrected chi connectivity index (χ2v) is 54.0. The van der Waals surface area contributed by atoms with Crippen molar-refractivity contribution in [1.29, 1.82) is 0 Å². The first-order valence-electron chi connectivity index (χ1n) is 48.3. The Labute approximate surface area is 898 Å². The Hall–Kier alpha value is -11.9. The van der Waals surface area contributed by atoms with Crippen LogP contribution in [0.2, 0.25) is 25.1 Å². The second kappa shape index (κ2) is 44.2. The fraction of sp³-hybridized carbons (Fsp3) is 0.250. The van der Waals surface area contributed by atoms with Gasteiger partial charge in [-0.15, -0.1) is 0 Å². The standard InChI is InChI=1S/2C26H28ClO5P.C24H24ClO3P.2C22H20ClO3P/c2*1-14-8-19(9-15(2)23(14)29-6)33(28,20-10-16(3)24(30-7)17(4)11-20)21-12-18(5)25-26(22(21)27)32-13-31-25;1-14-6-15(2)9-19(8-14)29(26,20-10-16(3)7-17(4)11-20)21-12-18(5)23-24(22(21)25)28-13-27-23;2*1-14-4-8-17(9-5-14)27(24,18-10-6-15(2)7-11-18)19-12-16(3)21-22(20(19)23)26-13-25-21/h2*8-12H,13H2,1-7H3;6-12H,13H2,1-5H3;2*4-12H,13H2,1-3H3. The Morgan fingerprint density at radius 3 is 0.470 bits per heavy atom. The molecule has 149 heavy (non-hydrogen) atoms. The lowest BCUT2D eigenvalue weighted by molar-refractivity contribution is 0.173. The molecule has 0 fully saturated rings. The van der Waals surface area contributed by atoms with Crippen molar-refractivity contribution in [3.05, 3.63) is 354 Å². The monoisotopic (exact) mass is 2190 g/mol. The minimum Gasteiger partial charge on any atom is -0.496 e. The van der Waals surface area contributed by atoms with E-state index in [2.05, 4.69) is 12.1 Å². The molecule has 5 aliphatic heterocycles. The Kier molecular flexibility index (Phi) is 32.6. The summed E-state index contributed by atoms with van der Waals surface area (Å²) in [6, 6.07) is 68.2. The molecule has 0 amide bonds. The van der Waals surface area contributed by atoms with Crippen LogP contribution in [0.5, 0.6) is 80.5 Å². The highest BCUT2D eigenvalue weighted by Crippen LogP contribution is 2.59. The van der Waals surface area contributed by atoms with Gasteiger partial charge in [-0.05, 0) is 321 Å². The molecule has 15 aromatic carbocycles. The third-order valence-electron chi connectivity index (χ3n) is 27.2. The zero-order valence-corrected chi connectivity index (χ0v) is 96.4. The van der Waals surface area contributed by atoms with E-state index in [1.54, 1.807) is 28.4 Å². The molecule has 0 aliphatic carbocycles. The summed E-state index contributed by atoms with van der Waals surface area (Å²) in [5, 5.41) is 11.8. The summed E-state index contributed by atoms with van der Waals surface area (Å²) in [5.41, 5.74) is 20.2. The molecule has 15 aromatic rings. The van der Waals surface area contributed by atoms with Crippen molar-refractivity contribution in [2.45, 2.75) is 145 Å². The van der Waals surface area contributed by atoms with Gasteiger partial charge in [0.15, 0.2) is 93.2 Å². The second-order valence-electron chi connectivity index (χ2n) is 38.5. The smallest absolute Gasteiger partial charge is 0.231 e. The summed E-state index contributed by atoms with van der Waals surface area (Å²) in [4.78, 5) is 0. The zero-order chi connectivity index (χ0) is 107. The third kappa shape index (κ3) is 20.7. The highest BCUT2D eigenvalue weighted by atomic mass is 35.5. The van der Waals surface area contributed by atoms with Crippen molar-refractivity contribution in [2.75, 3.05) is 62.4 Å². The molecule has 0 bridgehead atoms. The predicted octanol–water partition coefficient (Wildman–Crippen LogP) is 25.1. The molecule has 20 rings (SSSR count). The summed E-state index contributed by atoms with van der Waals surface area (Å²) in [5.74, 6) is 8.51. The van der Waals surface area contributed by atoms with Gasteiger partial charge in [0.1, 0.15) is 23.0 Å². The molecule has 0 radical (unpaired) electrons. The number of hydrogen-bond acceptors (Lipinski definition) is 19. The van der Waals surface area contributed by atoms with Crippen molar-refractivity contribution in [3.63, 3.8) is 0 Å². The van der Waals surface area contributed by atoms with E-state index >= 15 is 13.7 Å². The molecule has 5 aliphatic rings. The topological polar surface area (TPSA) is 215 Å². The van der Waals surface area contributed by atoms with E-state index in [0.717, 1.165) is 172 Å². The molecule has 0 saturated heterocycles. The number of aryl methyl sites for hydroxylation is 21. The summed E-state index contributed by atoms with van der Waals surface area (Å²) in [6.45, 7) is 41.9. The molecule has 0 saturated carbocycles. The van der Waals surface area contributed by atoms with Crippen LogP contribution in [0.25, 0.3) is 0 Å². The van der Waals surface area contributed by atoms with E-state index in [0.29, 0.717) is 130 Å². The van der Waals surface area contributed by atoms with Gasteiger partial charge in [-0.3, -0.25) is 0 Å². The van der Waals surface area contributed by atoms with E-state index in [-0.39, 0.29) is 34.0 Å². The normalized spacial score (nSPS) is 12.9. The Bertz CT molecular complexity index is 7320. The van der Waals surface area contributed by atoms with Crippen molar-refractivity contribution < 1.29 is 89.1 Å². The average molecular weight is 2200 g/mol. The van der Waals surface area contributed by atoms with Crippen LogP contribution in [0.1, 0.15) is 117 Å². The lowest BCUT2D eigenvalue weighted by Crippen LogP contribution is -2.27. The molecule has 29 heteroatoms. The summed E-state index contributed by atoms with van der Waals surface area (Å²) in [6.07, 6.45) is 0. The number of fused-ring (bicyclic) bond motifs is 5. The van der Waals surface area contributed by atoms with Crippen LogP contribution in [0.3, 0.4) is 0 Å². The molecule has 0 atom stereocenters. The van der Waals surface area contributed by atoms with Crippen molar-refractivity contribution in [1.82, 2.24) is 0 Å². The number of methoxy groups -OCH3 is 4. The largest absolute Gasteiger partial charge is 0.496 e. The minimum absolute atomic E-state index is 0.0884. The van der Waals surface area contributed by atoms with Crippen LogP contribution in [0, 0.1) is 145 Å². The quantitative estimate of drug-likeness (QED) is 0.0688. The number of hydrogen-bond donors (Lipinski definition) is 0. The Morgan fingerprint density at radius 2 is 0.315 bits per heavy atom. The van der Waals surface area contributed by atoms with Gasteiger partial charge in [-0.1, -0.05) is 212 Å². The highest BCUT2D eigenvalue weighted by molar-refractivity contribution is 7.87. The van der Waals surface area contributed by atoms with Gasteiger partial charge in [0.2, 0.25) is 34.0 Å². The van der Waals surface area contributed by atoms with Gasteiger partial charge in [-0.2, -0.15) is 0 Å².